The number of rotatable bonds is 2. The summed E-state index contributed by atoms with van der Waals surface area (Å²) in [6.07, 6.45) is 2.49. The van der Waals surface area contributed by atoms with Gasteiger partial charge in [-0.2, -0.15) is 5.26 Å². The zero-order valence-corrected chi connectivity index (χ0v) is 10.2. The number of benzene rings is 1. The molecule has 0 spiro atoms. The van der Waals surface area contributed by atoms with Gasteiger partial charge in [-0.05, 0) is 30.5 Å². The second-order valence-corrected chi connectivity index (χ2v) is 4.69. The number of halogens is 1. The first-order valence-electron chi connectivity index (χ1n) is 5.69. The van der Waals surface area contributed by atoms with Gasteiger partial charge < -0.3 is 4.90 Å². The van der Waals surface area contributed by atoms with E-state index in [0.29, 0.717) is 10.6 Å². The van der Waals surface area contributed by atoms with E-state index >= 15 is 0 Å². The van der Waals surface area contributed by atoms with Crippen LogP contribution in [0.15, 0.2) is 18.2 Å². The van der Waals surface area contributed by atoms with Crippen molar-refractivity contribution < 1.29 is 0 Å². The van der Waals surface area contributed by atoms with Crippen molar-refractivity contribution in [1.29, 1.82) is 5.26 Å². The van der Waals surface area contributed by atoms with Crippen molar-refractivity contribution in [2.45, 2.75) is 19.8 Å². The van der Waals surface area contributed by atoms with Crippen LogP contribution in [0, 0.1) is 17.2 Å². The van der Waals surface area contributed by atoms with Crippen molar-refractivity contribution in [3.8, 4) is 6.07 Å². The lowest BCUT2D eigenvalue weighted by Gasteiger charge is -2.18. The molecule has 0 saturated carbocycles. The first-order valence-corrected chi connectivity index (χ1v) is 6.07. The Morgan fingerprint density at radius 1 is 1.56 bits per heavy atom. The summed E-state index contributed by atoms with van der Waals surface area (Å²) in [5.74, 6) is 0.800. The minimum atomic E-state index is 0.552. The van der Waals surface area contributed by atoms with Crippen LogP contribution in [0.5, 0.6) is 0 Å². The highest BCUT2D eigenvalue weighted by atomic mass is 35.5. The molecule has 0 aromatic heterocycles. The van der Waals surface area contributed by atoms with Gasteiger partial charge in [0.1, 0.15) is 6.07 Å². The molecule has 0 amide bonds. The lowest BCUT2D eigenvalue weighted by Crippen LogP contribution is -2.19. The Hall–Kier alpha value is -1.20. The third-order valence-electron chi connectivity index (χ3n) is 3.30. The lowest BCUT2D eigenvalue weighted by atomic mass is 10.1. The largest absolute Gasteiger partial charge is 0.371 e. The van der Waals surface area contributed by atoms with E-state index in [0.717, 1.165) is 24.7 Å². The molecule has 84 valence electrons. The Morgan fingerprint density at radius 3 is 2.94 bits per heavy atom. The first-order chi connectivity index (χ1) is 7.74. The van der Waals surface area contributed by atoms with Crippen molar-refractivity contribution in [3.05, 3.63) is 28.8 Å². The van der Waals surface area contributed by atoms with Gasteiger partial charge in [0.25, 0.3) is 0 Å². The number of nitriles is 1. The van der Waals surface area contributed by atoms with Gasteiger partial charge in [0, 0.05) is 18.8 Å². The monoisotopic (exact) mass is 234 g/mol. The third-order valence-corrected chi connectivity index (χ3v) is 3.61. The predicted molar refractivity (Wildman–Crippen MR) is 66.8 cm³/mol. The van der Waals surface area contributed by atoms with E-state index in [1.54, 1.807) is 6.07 Å². The summed E-state index contributed by atoms with van der Waals surface area (Å²) in [5, 5.41) is 9.36. The number of hydrogen-bond donors (Lipinski definition) is 0. The zero-order chi connectivity index (χ0) is 11.5. The predicted octanol–water partition coefficient (Wildman–Crippen LogP) is 3.45. The van der Waals surface area contributed by atoms with Crippen LogP contribution in [0.4, 0.5) is 5.69 Å². The standard InChI is InChI=1S/C13H15ClN2/c1-2-10-5-6-16(9-10)12-4-3-11(8-15)13(14)7-12/h3-4,7,10H,2,5-6,9H2,1H3/t10-/m0/s1. The van der Waals surface area contributed by atoms with Crippen molar-refractivity contribution in [3.63, 3.8) is 0 Å². The molecule has 1 aliphatic rings. The molecule has 0 aliphatic carbocycles. The maximum absolute atomic E-state index is 8.81. The summed E-state index contributed by atoms with van der Waals surface area (Å²) in [6.45, 7) is 4.44. The molecule has 2 nitrogen and oxygen atoms in total. The molecular weight excluding hydrogens is 220 g/mol. The molecule has 1 aliphatic heterocycles. The molecule has 1 fully saturated rings. The number of hydrogen-bond acceptors (Lipinski definition) is 2. The van der Waals surface area contributed by atoms with Gasteiger partial charge in [0.15, 0.2) is 0 Å². The van der Waals surface area contributed by atoms with Gasteiger partial charge in [-0.15, -0.1) is 0 Å². The summed E-state index contributed by atoms with van der Waals surface area (Å²) in [5.41, 5.74) is 1.69. The summed E-state index contributed by atoms with van der Waals surface area (Å²) >= 11 is 6.03. The minimum absolute atomic E-state index is 0.552. The highest BCUT2D eigenvalue weighted by Gasteiger charge is 2.21. The highest BCUT2D eigenvalue weighted by Crippen LogP contribution is 2.28. The van der Waals surface area contributed by atoms with Gasteiger partial charge in [-0.1, -0.05) is 24.9 Å². The molecule has 16 heavy (non-hydrogen) atoms. The van der Waals surface area contributed by atoms with Gasteiger partial charge in [0.05, 0.1) is 10.6 Å². The molecule has 0 N–H and O–H groups in total. The SMILES string of the molecule is CC[C@H]1CCN(c2ccc(C#N)c(Cl)c2)C1. The summed E-state index contributed by atoms with van der Waals surface area (Å²) in [4.78, 5) is 2.35. The molecule has 1 saturated heterocycles. The van der Waals surface area contributed by atoms with Crippen LogP contribution in [0.25, 0.3) is 0 Å². The molecule has 3 heteroatoms. The fourth-order valence-electron chi connectivity index (χ4n) is 2.19. The molecule has 2 rings (SSSR count). The van der Waals surface area contributed by atoms with Crippen LogP contribution >= 0.6 is 11.6 Å². The van der Waals surface area contributed by atoms with Gasteiger partial charge in [-0.25, -0.2) is 0 Å². The molecule has 0 bridgehead atoms. The summed E-state index contributed by atoms with van der Waals surface area (Å²) in [7, 11) is 0. The van der Waals surface area contributed by atoms with E-state index < -0.39 is 0 Å². The van der Waals surface area contributed by atoms with E-state index in [1.807, 2.05) is 12.1 Å². The topological polar surface area (TPSA) is 27.0 Å². The van der Waals surface area contributed by atoms with Crippen molar-refractivity contribution in [2.24, 2.45) is 5.92 Å². The number of nitrogens with zero attached hydrogens (tertiary/aromatic N) is 2. The van der Waals surface area contributed by atoms with Crippen LogP contribution < -0.4 is 4.90 Å². The molecule has 1 atom stereocenters. The van der Waals surface area contributed by atoms with Crippen molar-refractivity contribution in [1.82, 2.24) is 0 Å². The van der Waals surface area contributed by atoms with E-state index in [1.165, 1.54) is 12.8 Å². The smallest absolute Gasteiger partial charge is 0.101 e. The molecule has 1 aromatic carbocycles. The van der Waals surface area contributed by atoms with E-state index in [4.69, 9.17) is 16.9 Å². The molecule has 1 aromatic rings. The quantitative estimate of drug-likeness (QED) is 0.784. The van der Waals surface area contributed by atoms with Crippen LogP contribution in [0.2, 0.25) is 5.02 Å². The lowest BCUT2D eigenvalue weighted by molar-refractivity contribution is 0.569. The Labute approximate surface area is 101 Å². The van der Waals surface area contributed by atoms with Crippen LogP contribution in [0.3, 0.4) is 0 Å². The molecule has 0 radical (unpaired) electrons. The highest BCUT2D eigenvalue weighted by molar-refractivity contribution is 6.32. The molecular formula is C13H15ClN2. The van der Waals surface area contributed by atoms with Gasteiger partial charge >= 0.3 is 0 Å². The van der Waals surface area contributed by atoms with Crippen molar-refractivity contribution >= 4 is 17.3 Å². The molecule has 0 unspecified atom stereocenters. The van der Waals surface area contributed by atoms with E-state index in [2.05, 4.69) is 17.9 Å². The van der Waals surface area contributed by atoms with Crippen LogP contribution in [-0.4, -0.2) is 13.1 Å². The minimum Gasteiger partial charge on any atom is -0.371 e. The second kappa shape index (κ2) is 4.76. The maximum Gasteiger partial charge on any atom is 0.101 e. The fraction of sp³-hybridized carbons (Fsp3) is 0.462. The van der Waals surface area contributed by atoms with Crippen molar-refractivity contribution in [2.75, 3.05) is 18.0 Å². The van der Waals surface area contributed by atoms with Gasteiger partial charge in [0.2, 0.25) is 0 Å². The number of anilines is 1. The van der Waals surface area contributed by atoms with Crippen LogP contribution in [0.1, 0.15) is 25.3 Å². The Morgan fingerprint density at radius 2 is 2.38 bits per heavy atom. The van der Waals surface area contributed by atoms with E-state index in [-0.39, 0.29) is 0 Å². The zero-order valence-electron chi connectivity index (χ0n) is 9.41. The van der Waals surface area contributed by atoms with Gasteiger partial charge in [-0.3, -0.25) is 0 Å². The van der Waals surface area contributed by atoms with E-state index in [9.17, 15) is 0 Å². The average molecular weight is 235 g/mol. The molecule has 1 heterocycles. The average Bonchev–Trinajstić information content (AvgIpc) is 2.77. The third kappa shape index (κ3) is 2.15. The maximum atomic E-state index is 8.81. The summed E-state index contributed by atoms with van der Waals surface area (Å²) in [6, 6.07) is 7.77. The second-order valence-electron chi connectivity index (χ2n) is 4.28. The first kappa shape index (κ1) is 11.3. The summed E-state index contributed by atoms with van der Waals surface area (Å²) < 4.78 is 0. The normalized spacial score (nSPS) is 19.8. The Bertz CT molecular complexity index is 422. The Balaban J connectivity index is 2.17. The van der Waals surface area contributed by atoms with Crippen LogP contribution in [-0.2, 0) is 0 Å². The fourth-order valence-corrected chi connectivity index (χ4v) is 2.41. The Kier molecular flexibility index (Phi) is 3.36.